The Morgan fingerprint density at radius 1 is 1.14 bits per heavy atom. The molecule has 0 bridgehead atoms. The van der Waals surface area contributed by atoms with Crippen molar-refractivity contribution in [3.63, 3.8) is 0 Å². The Kier molecular flexibility index (Phi) is 6.43. The molecular formula is C4H10O8P2+2. The van der Waals surface area contributed by atoms with Crippen LogP contribution in [0.2, 0.25) is 0 Å². The molecule has 0 aliphatic heterocycles. The Morgan fingerprint density at radius 3 is 2.14 bits per heavy atom. The van der Waals surface area contributed by atoms with E-state index in [-0.39, 0.29) is 13.0 Å². The molecule has 0 saturated carbocycles. The zero-order valence-corrected chi connectivity index (χ0v) is 8.73. The third-order valence-electron chi connectivity index (χ3n) is 1.07. The first kappa shape index (κ1) is 14.0. The summed E-state index contributed by atoms with van der Waals surface area (Å²) < 4.78 is 28.1. The van der Waals surface area contributed by atoms with Crippen molar-refractivity contribution >= 4 is 16.5 Å². The first-order valence-electron chi connectivity index (χ1n) is 3.42. The van der Waals surface area contributed by atoms with Gasteiger partial charge in [-0.1, -0.05) is 4.52 Å². The summed E-state index contributed by atoms with van der Waals surface area (Å²) >= 11 is 0. The molecule has 2 atom stereocenters. The maximum atomic E-state index is 10.0. The number of hydrogen-bond donors (Lipinski definition) is 4. The van der Waals surface area contributed by atoms with Crippen molar-refractivity contribution < 1.29 is 38.2 Å². The van der Waals surface area contributed by atoms with Crippen LogP contribution in [0.4, 0.5) is 0 Å². The van der Waals surface area contributed by atoms with Gasteiger partial charge in [0.1, 0.15) is 6.61 Å². The van der Waals surface area contributed by atoms with E-state index in [1.54, 1.807) is 0 Å². The number of aliphatic hydroxyl groups is 2. The van der Waals surface area contributed by atoms with E-state index in [2.05, 4.69) is 9.05 Å². The molecule has 0 spiro atoms. The zero-order chi connectivity index (χ0) is 11.2. The smallest absolute Gasteiger partial charge is 0.340 e. The second-order valence-electron chi connectivity index (χ2n) is 2.25. The summed E-state index contributed by atoms with van der Waals surface area (Å²) in [5.41, 5.74) is 0. The lowest BCUT2D eigenvalue weighted by atomic mass is 10.3. The molecule has 82 valence electrons. The van der Waals surface area contributed by atoms with Gasteiger partial charge in [-0.25, -0.2) is 0 Å². The lowest BCUT2D eigenvalue weighted by molar-refractivity contribution is -0.296. The molecule has 0 aliphatic carbocycles. The number of hydrogen-bond acceptors (Lipinski definition) is 6. The van der Waals surface area contributed by atoms with Crippen LogP contribution in [-0.2, 0) is 18.2 Å². The highest BCUT2D eigenvalue weighted by Crippen LogP contribution is 2.26. The number of rotatable bonds is 7. The van der Waals surface area contributed by atoms with E-state index >= 15 is 0 Å². The van der Waals surface area contributed by atoms with Crippen LogP contribution in [0.25, 0.3) is 0 Å². The molecule has 8 nitrogen and oxygen atoms in total. The lowest BCUT2D eigenvalue weighted by Gasteiger charge is -2.11. The van der Waals surface area contributed by atoms with Gasteiger partial charge < -0.3 is 10.2 Å². The second-order valence-corrected chi connectivity index (χ2v) is 3.64. The van der Waals surface area contributed by atoms with Crippen molar-refractivity contribution in [3.8, 4) is 0 Å². The highest BCUT2D eigenvalue weighted by Gasteiger charge is 2.35. The SMILES string of the molecule is O=[P+](O)OCCCC(O)(O)O[P+](=O)O. The summed E-state index contributed by atoms with van der Waals surface area (Å²) in [6.45, 7) is -0.194. The third-order valence-corrected chi connectivity index (χ3v) is 1.92. The predicted molar refractivity (Wildman–Crippen MR) is 43.1 cm³/mol. The molecule has 0 fully saturated rings. The molecule has 0 amide bonds. The average molecular weight is 248 g/mol. The van der Waals surface area contributed by atoms with Gasteiger partial charge in [0.25, 0.3) is 0 Å². The molecule has 14 heavy (non-hydrogen) atoms. The van der Waals surface area contributed by atoms with E-state index < -0.39 is 28.9 Å². The van der Waals surface area contributed by atoms with Gasteiger partial charge in [0, 0.05) is 15.6 Å². The topological polar surface area (TPSA) is 134 Å². The summed E-state index contributed by atoms with van der Waals surface area (Å²) in [4.78, 5) is 16.4. The van der Waals surface area contributed by atoms with E-state index in [1.165, 1.54) is 0 Å². The van der Waals surface area contributed by atoms with Crippen LogP contribution in [0.1, 0.15) is 12.8 Å². The summed E-state index contributed by atoms with van der Waals surface area (Å²) in [5, 5.41) is 17.7. The minimum atomic E-state index is -3.12. The predicted octanol–water partition coefficient (Wildman–Crippen LogP) is -0.262. The Hall–Kier alpha value is -0.0400. The van der Waals surface area contributed by atoms with E-state index in [0.717, 1.165) is 0 Å². The van der Waals surface area contributed by atoms with Gasteiger partial charge in [0.15, 0.2) is 0 Å². The van der Waals surface area contributed by atoms with Crippen LogP contribution in [0.5, 0.6) is 0 Å². The summed E-state index contributed by atoms with van der Waals surface area (Å²) in [5.74, 6) is -2.73. The van der Waals surface area contributed by atoms with Crippen molar-refractivity contribution in [3.05, 3.63) is 0 Å². The molecule has 0 heterocycles. The normalized spacial score (nSPS) is 14.0. The standard InChI is InChI=1S/C4H8O8P2/c5-4(6,12-14(9)10)2-1-3-11-13(7)8/h5-6H,1-3H2/p+2. The van der Waals surface area contributed by atoms with Gasteiger partial charge in [-0.15, -0.1) is 14.3 Å². The van der Waals surface area contributed by atoms with Crippen molar-refractivity contribution in [1.29, 1.82) is 0 Å². The van der Waals surface area contributed by atoms with Crippen molar-refractivity contribution in [1.82, 2.24) is 0 Å². The van der Waals surface area contributed by atoms with Crippen molar-refractivity contribution in [2.45, 2.75) is 18.8 Å². The Balaban J connectivity index is 3.65. The molecule has 2 unspecified atom stereocenters. The fourth-order valence-electron chi connectivity index (χ4n) is 0.616. The van der Waals surface area contributed by atoms with E-state index in [0.29, 0.717) is 0 Å². The molecule has 0 aliphatic rings. The summed E-state index contributed by atoms with van der Waals surface area (Å²) in [6, 6.07) is 0. The highest BCUT2D eigenvalue weighted by atomic mass is 31.1. The van der Waals surface area contributed by atoms with Crippen LogP contribution >= 0.6 is 16.5 Å². The van der Waals surface area contributed by atoms with Gasteiger partial charge in [-0.3, -0.25) is 0 Å². The fourth-order valence-corrected chi connectivity index (χ4v) is 1.24. The van der Waals surface area contributed by atoms with Crippen LogP contribution in [-0.4, -0.2) is 32.6 Å². The zero-order valence-electron chi connectivity index (χ0n) is 6.94. The minimum absolute atomic E-state index is 0.0161. The molecule has 4 N–H and O–H groups in total. The summed E-state index contributed by atoms with van der Waals surface area (Å²) in [6.07, 6.45) is -0.435. The van der Waals surface area contributed by atoms with Crippen LogP contribution in [0.3, 0.4) is 0 Å². The Bertz CT molecular complexity index is 215. The van der Waals surface area contributed by atoms with Gasteiger partial charge in [-0.05, 0) is 6.42 Å². The first-order chi connectivity index (χ1) is 6.33. The molecule has 10 heteroatoms. The van der Waals surface area contributed by atoms with Crippen LogP contribution in [0, 0.1) is 0 Å². The molecule has 0 rings (SSSR count). The van der Waals surface area contributed by atoms with Crippen molar-refractivity contribution in [2.24, 2.45) is 0 Å². The molecule has 0 aromatic heterocycles. The summed E-state index contributed by atoms with van der Waals surface area (Å²) in [7, 11) is -5.85. The molecule has 0 aromatic carbocycles. The van der Waals surface area contributed by atoms with Gasteiger partial charge in [0.05, 0.1) is 0 Å². The maximum Gasteiger partial charge on any atom is 0.700 e. The van der Waals surface area contributed by atoms with Crippen LogP contribution in [0.15, 0.2) is 0 Å². The molecule has 0 saturated heterocycles. The monoisotopic (exact) mass is 248 g/mol. The Labute approximate surface area is 81.0 Å². The molecular weight excluding hydrogens is 238 g/mol. The first-order valence-corrected chi connectivity index (χ1v) is 5.68. The quantitative estimate of drug-likeness (QED) is 0.275. The van der Waals surface area contributed by atoms with E-state index in [9.17, 15) is 9.13 Å². The highest BCUT2D eigenvalue weighted by molar-refractivity contribution is 7.32. The van der Waals surface area contributed by atoms with E-state index in [4.69, 9.17) is 20.0 Å². The van der Waals surface area contributed by atoms with Crippen molar-refractivity contribution in [2.75, 3.05) is 6.61 Å². The van der Waals surface area contributed by atoms with Gasteiger partial charge in [-0.2, -0.15) is 0 Å². The average Bonchev–Trinajstić information content (AvgIpc) is 1.95. The maximum absolute atomic E-state index is 10.0. The van der Waals surface area contributed by atoms with Crippen LogP contribution < -0.4 is 0 Å². The largest absolute Gasteiger partial charge is 0.700 e. The van der Waals surface area contributed by atoms with E-state index in [1.807, 2.05) is 0 Å². The van der Waals surface area contributed by atoms with Gasteiger partial charge >= 0.3 is 22.5 Å². The molecule has 0 aromatic rings. The fraction of sp³-hybridized carbons (Fsp3) is 1.00. The third kappa shape index (κ3) is 8.55. The minimum Gasteiger partial charge on any atom is -0.340 e. The van der Waals surface area contributed by atoms with Gasteiger partial charge in [0.2, 0.25) is 0 Å². The lowest BCUT2D eigenvalue weighted by Crippen LogP contribution is -2.29. The second kappa shape index (κ2) is 6.44. The Morgan fingerprint density at radius 2 is 1.71 bits per heavy atom. The molecule has 0 radical (unpaired) electrons.